The van der Waals surface area contributed by atoms with Crippen molar-refractivity contribution >= 4 is 5.78 Å². The van der Waals surface area contributed by atoms with Gasteiger partial charge >= 0.3 is 0 Å². The largest absolute Gasteiger partial charge is 0.372 e. The van der Waals surface area contributed by atoms with E-state index in [1.807, 2.05) is 32.9 Å². The lowest BCUT2D eigenvalue weighted by Gasteiger charge is -2.35. The molecule has 0 aromatic heterocycles. The second kappa shape index (κ2) is 5.30. The van der Waals surface area contributed by atoms with Gasteiger partial charge in [0.05, 0.1) is 18.2 Å². The van der Waals surface area contributed by atoms with Gasteiger partial charge in [-0.05, 0) is 45.2 Å². The summed E-state index contributed by atoms with van der Waals surface area (Å²) in [6, 6.07) is 6.07. The van der Waals surface area contributed by atoms with Gasteiger partial charge in [0.2, 0.25) is 0 Å². The van der Waals surface area contributed by atoms with Crippen molar-refractivity contribution in [1.82, 2.24) is 4.90 Å². The molecule has 3 unspecified atom stereocenters. The SMILES string of the molecule is Cc1ccc(C)c(C(=O)C(C)N2CC3CCC(C2)O3)c1. The van der Waals surface area contributed by atoms with Crippen LogP contribution in [-0.2, 0) is 4.74 Å². The van der Waals surface area contributed by atoms with Crippen molar-refractivity contribution in [2.24, 2.45) is 0 Å². The van der Waals surface area contributed by atoms with Crippen molar-refractivity contribution in [2.75, 3.05) is 13.1 Å². The second-order valence-corrected chi connectivity index (χ2v) is 6.27. The monoisotopic (exact) mass is 273 g/mol. The Labute approximate surface area is 120 Å². The number of Topliss-reactive ketones (excluding diaryl/α,β-unsaturated/α-hetero) is 1. The number of fused-ring (bicyclic) bond motifs is 2. The van der Waals surface area contributed by atoms with Crippen molar-refractivity contribution in [3.8, 4) is 0 Å². The van der Waals surface area contributed by atoms with Crippen LogP contribution in [0.3, 0.4) is 0 Å². The first-order valence-electron chi connectivity index (χ1n) is 7.55. The van der Waals surface area contributed by atoms with Crippen LogP contribution in [0.4, 0.5) is 0 Å². The number of nitrogens with zero attached hydrogens (tertiary/aromatic N) is 1. The molecular weight excluding hydrogens is 250 g/mol. The van der Waals surface area contributed by atoms with E-state index in [0.717, 1.165) is 42.6 Å². The summed E-state index contributed by atoms with van der Waals surface area (Å²) in [4.78, 5) is 15.1. The van der Waals surface area contributed by atoms with E-state index in [-0.39, 0.29) is 11.8 Å². The Morgan fingerprint density at radius 2 is 1.90 bits per heavy atom. The Morgan fingerprint density at radius 3 is 2.55 bits per heavy atom. The van der Waals surface area contributed by atoms with Crippen LogP contribution in [0.15, 0.2) is 18.2 Å². The summed E-state index contributed by atoms with van der Waals surface area (Å²) in [7, 11) is 0. The van der Waals surface area contributed by atoms with Gasteiger partial charge in [0, 0.05) is 18.7 Å². The van der Waals surface area contributed by atoms with Gasteiger partial charge in [-0.1, -0.05) is 17.7 Å². The summed E-state index contributed by atoms with van der Waals surface area (Å²) in [6.45, 7) is 7.88. The molecule has 2 saturated heterocycles. The summed E-state index contributed by atoms with van der Waals surface area (Å²) in [5.41, 5.74) is 3.09. The van der Waals surface area contributed by atoms with Crippen LogP contribution in [0.5, 0.6) is 0 Å². The third-order valence-electron chi connectivity index (χ3n) is 4.66. The Hall–Kier alpha value is -1.19. The highest BCUT2D eigenvalue weighted by Gasteiger charge is 2.37. The molecule has 0 amide bonds. The third-order valence-corrected chi connectivity index (χ3v) is 4.66. The quantitative estimate of drug-likeness (QED) is 0.793. The van der Waals surface area contributed by atoms with Crippen LogP contribution < -0.4 is 0 Å². The summed E-state index contributed by atoms with van der Waals surface area (Å²) >= 11 is 0. The first-order valence-corrected chi connectivity index (χ1v) is 7.55. The van der Waals surface area contributed by atoms with E-state index >= 15 is 0 Å². The zero-order valence-corrected chi connectivity index (χ0v) is 12.6. The maximum Gasteiger partial charge on any atom is 0.179 e. The Bertz CT molecular complexity index is 514. The van der Waals surface area contributed by atoms with Crippen molar-refractivity contribution in [3.63, 3.8) is 0 Å². The van der Waals surface area contributed by atoms with Gasteiger partial charge < -0.3 is 4.74 Å². The molecule has 0 aliphatic carbocycles. The summed E-state index contributed by atoms with van der Waals surface area (Å²) in [5, 5.41) is 0. The molecule has 3 atom stereocenters. The fraction of sp³-hybridized carbons (Fsp3) is 0.588. The number of likely N-dealkylation sites (tertiary alicyclic amines) is 1. The molecule has 2 fully saturated rings. The first-order chi connectivity index (χ1) is 9.54. The van der Waals surface area contributed by atoms with Gasteiger partial charge in [-0.3, -0.25) is 9.69 Å². The van der Waals surface area contributed by atoms with Crippen LogP contribution in [0.2, 0.25) is 0 Å². The smallest absolute Gasteiger partial charge is 0.179 e. The highest BCUT2D eigenvalue weighted by atomic mass is 16.5. The molecule has 3 nitrogen and oxygen atoms in total. The number of hydrogen-bond acceptors (Lipinski definition) is 3. The van der Waals surface area contributed by atoms with Gasteiger partial charge in [-0.2, -0.15) is 0 Å². The standard InChI is InChI=1S/C17H23NO2/c1-11-4-5-12(2)16(8-11)17(19)13(3)18-9-14-6-7-15(10-18)20-14/h4-5,8,13-15H,6-7,9-10H2,1-3H3. The molecule has 20 heavy (non-hydrogen) atoms. The topological polar surface area (TPSA) is 29.5 Å². The normalized spacial score (nSPS) is 27.6. The van der Waals surface area contributed by atoms with Crippen molar-refractivity contribution < 1.29 is 9.53 Å². The zero-order valence-electron chi connectivity index (χ0n) is 12.6. The molecular formula is C17H23NO2. The van der Waals surface area contributed by atoms with Gasteiger partial charge in [-0.25, -0.2) is 0 Å². The Balaban J connectivity index is 1.78. The van der Waals surface area contributed by atoms with E-state index in [1.54, 1.807) is 0 Å². The van der Waals surface area contributed by atoms with Crippen molar-refractivity contribution in [2.45, 2.75) is 51.9 Å². The molecule has 3 rings (SSSR count). The Morgan fingerprint density at radius 1 is 1.25 bits per heavy atom. The molecule has 1 aromatic carbocycles. The number of rotatable bonds is 3. The molecule has 0 spiro atoms. The summed E-state index contributed by atoms with van der Waals surface area (Å²) < 4.78 is 5.85. The number of benzene rings is 1. The minimum Gasteiger partial charge on any atom is -0.372 e. The highest BCUT2D eigenvalue weighted by molar-refractivity contribution is 6.01. The second-order valence-electron chi connectivity index (χ2n) is 6.27. The fourth-order valence-corrected chi connectivity index (χ4v) is 3.35. The number of carbonyl (C=O) groups is 1. The molecule has 3 heteroatoms. The zero-order chi connectivity index (χ0) is 14.3. The van der Waals surface area contributed by atoms with E-state index in [0.29, 0.717) is 12.2 Å². The van der Waals surface area contributed by atoms with Crippen LogP contribution >= 0.6 is 0 Å². The maximum atomic E-state index is 12.8. The number of carbonyl (C=O) groups excluding carboxylic acids is 1. The Kier molecular flexibility index (Phi) is 3.65. The molecule has 0 saturated carbocycles. The summed E-state index contributed by atoms with van der Waals surface area (Å²) in [6.07, 6.45) is 2.96. The van der Waals surface area contributed by atoms with E-state index in [1.165, 1.54) is 0 Å². The van der Waals surface area contributed by atoms with Crippen LogP contribution in [0.1, 0.15) is 41.3 Å². The van der Waals surface area contributed by atoms with Crippen LogP contribution in [-0.4, -0.2) is 42.0 Å². The average molecular weight is 273 g/mol. The highest BCUT2D eigenvalue weighted by Crippen LogP contribution is 2.28. The minimum atomic E-state index is -0.0532. The van der Waals surface area contributed by atoms with Gasteiger partial charge in [0.15, 0.2) is 5.78 Å². The molecule has 2 aliphatic heterocycles. The van der Waals surface area contributed by atoms with E-state index in [9.17, 15) is 4.79 Å². The third kappa shape index (κ3) is 2.52. The molecule has 2 heterocycles. The predicted molar refractivity (Wildman–Crippen MR) is 79.2 cm³/mol. The molecule has 0 radical (unpaired) electrons. The predicted octanol–water partition coefficient (Wildman–Crippen LogP) is 2.74. The lowest BCUT2D eigenvalue weighted by Crippen LogP contribution is -2.49. The molecule has 108 valence electrons. The first kappa shape index (κ1) is 13.8. The number of morpholine rings is 1. The van der Waals surface area contributed by atoms with E-state index < -0.39 is 0 Å². The number of hydrogen-bond donors (Lipinski definition) is 0. The van der Waals surface area contributed by atoms with E-state index in [4.69, 9.17) is 4.74 Å². The van der Waals surface area contributed by atoms with Gasteiger partial charge in [0.1, 0.15) is 0 Å². The number of aryl methyl sites for hydroxylation is 2. The lowest BCUT2D eigenvalue weighted by molar-refractivity contribution is -0.0464. The van der Waals surface area contributed by atoms with Crippen molar-refractivity contribution in [1.29, 1.82) is 0 Å². The van der Waals surface area contributed by atoms with E-state index in [2.05, 4.69) is 11.0 Å². The summed E-state index contributed by atoms with van der Waals surface area (Å²) in [5.74, 6) is 0.243. The number of ketones is 1. The maximum absolute atomic E-state index is 12.8. The molecule has 0 N–H and O–H groups in total. The van der Waals surface area contributed by atoms with Crippen LogP contribution in [0, 0.1) is 13.8 Å². The van der Waals surface area contributed by atoms with Crippen molar-refractivity contribution in [3.05, 3.63) is 34.9 Å². The van der Waals surface area contributed by atoms with Crippen LogP contribution in [0.25, 0.3) is 0 Å². The van der Waals surface area contributed by atoms with Gasteiger partial charge in [-0.15, -0.1) is 0 Å². The number of ether oxygens (including phenoxy) is 1. The fourth-order valence-electron chi connectivity index (χ4n) is 3.35. The average Bonchev–Trinajstić information content (AvgIpc) is 2.78. The van der Waals surface area contributed by atoms with Gasteiger partial charge in [0.25, 0.3) is 0 Å². The minimum absolute atomic E-state index is 0.0532. The lowest BCUT2D eigenvalue weighted by atomic mass is 9.97. The molecule has 2 bridgehead atoms. The molecule has 1 aromatic rings. The molecule has 2 aliphatic rings.